The van der Waals surface area contributed by atoms with Crippen molar-refractivity contribution in [3.63, 3.8) is 0 Å². The van der Waals surface area contributed by atoms with E-state index in [-0.39, 0.29) is 16.7 Å². The van der Waals surface area contributed by atoms with Gasteiger partial charge in [-0.25, -0.2) is 13.4 Å². The first-order chi connectivity index (χ1) is 16.9. The predicted molar refractivity (Wildman–Crippen MR) is 137 cm³/mol. The Hall–Kier alpha value is -2.60. The van der Waals surface area contributed by atoms with Gasteiger partial charge in [-0.15, -0.1) is 23.1 Å². The van der Waals surface area contributed by atoms with E-state index in [9.17, 15) is 13.2 Å². The molecule has 1 aromatic heterocycles. The first-order valence-corrected chi connectivity index (χ1v) is 14.8. The fraction of sp³-hybridized carbons (Fsp3) is 0.333. The van der Waals surface area contributed by atoms with Gasteiger partial charge in [0.05, 0.1) is 10.6 Å². The Kier molecular flexibility index (Phi) is 7.01. The summed E-state index contributed by atoms with van der Waals surface area (Å²) in [5, 5.41) is 5.31. The van der Waals surface area contributed by atoms with E-state index in [1.165, 1.54) is 15.6 Å². The number of ether oxygens (including phenoxy) is 2. The molecule has 0 bridgehead atoms. The summed E-state index contributed by atoms with van der Waals surface area (Å²) in [5.74, 6) is 1.01. The molecule has 0 aliphatic carbocycles. The van der Waals surface area contributed by atoms with Gasteiger partial charge < -0.3 is 14.8 Å². The molecule has 1 N–H and O–H groups in total. The minimum absolute atomic E-state index is 0.130. The molecule has 0 saturated carbocycles. The molecule has 2 aromatic carbocycles. The molecule has 0 atom stereocenters. The highest BCUT2D eigenvalue weighted by atomic mass is 32.2. The van der Waals surface area contributed by atoms with Gasteiger partial charge >= 0.3 is 0 Å². The van der Waals surface area contributed by atoms with Gasteiger partial charge in [0.15, 0.2) is 16.6 Å². The second-order valence-corrected chi connectivity index (χ2v) is 11.9. The quantitative estimate of drug-likeness (QED) is 0.473. The first kappa shape index (κ1) is 24.1. The van der Waals surface area contributed by atoms with Gasteiger partial charge in [0.25, 0.3) is 0 Å². The van der Waals surface area contributed by atoms with Crippen LogP contribution in [-0.4, -0.2) is 56.2 Å². The molecule has 2 aliphatic heterocycles. The predicted octanol–water partition coefficient (Wildman–Crippen LogP) is 4.34. The average molecular weight is 532 g/mol. The highest BCUT2D eigenvalue weighted by Crippen LogP contribution is 2.35. The lowest BCUT2D eigenvalue weighted by atomic mass is 9.97. The minimum atomic E-state index is -3.57. The minimum Gasteiger partial charge on any atom is -0.486 e. The van der Waals surface area contributed by atoms with E-state index in [0.29, 0.717) is 55.8 Å². The van der Waals surface area contributed by atoms with Gasteiger partial charge in [0, 0.05) is 34.8 Å². The van der Waals surface area contributed by atoms with Crippen LogP contribution in [0, 0.1) is 5.92 Å². The van der Waals surface area contributed by atoms with Crippen LogP contribution in [0.25, 0.3) is 11.3 Å². The van der Waals surface area contributed by atoms with Crippen molar-refractivity contribution in [1.29, 1.82) is 0 Å². The number of rotatable bonds is 6. The number of aromatic nitrogens is 1. The Morgan fingerprint density at radius 2 is 1.80 bits per heavy atom. The maximum Gasteiger partial charge on any atom is 0.243 e. The molecule has 8 nitrogen and oxygen atoms in total. The highest BCUT2D eigenvalue weighted by molar-refractivity contribution is 7.98. The SMILES string of the molecule is CSc1ccc(S(=O)(=O)N2CCC(C(=O)Nc3nc(-c4ccc5c(c4)OCCO5)cs3)CC2)cc1. The van der Waals surface area contributed by atoms with Crippen molar-refractivity contribution < 1.29 is 22.7 Å². The monoisotopic (exact) mass is 531 g/mol. The van der Waals surface area contributed by atoms with Gasteiger partial charge in [-0.3, -0.25) is 4.79 Å². The molecule has 2 aliphatic rings. The van der Waals surface area contributed by atoms with Crippen molar-refractivity contribution in [2.24, 2.45) is 5.92 Å². The fourth-order valence-corrected chi connectivity index (χ4v) is 6.73. The van der Waals surface area contributed by atoms with Crippen LogP contribution in [0.1, 0.15) is 12.8 Å². The number of piperidine rings is 1. The zero-order valence-corrected chi connectivity index (χ0v) is 21.5. The van der Waals surface area contributed by atoms with Crippen LogP contribution in [0.3, 0.4) is 0 Å². The molecule has 11 heteroatoms. The number of nitrogens with zero attached hydrogens (tertiary/aromatic N) is 2. The molecule has 0 unspecified atom stereocenters. The van der Waals surface area contributed by atoms with Crippen LogP contribution in [0.5, 0.6) is 11.5 Å². The zero-order chi connectivity index (χ0) is 24.4. The summed E-state index contributed by atoms with van der Waals surface area (Å²) in [4.78, 5) is 18.7. The molecule has 0 radical (unpaired) electrons. The third-order valence-corrected chi connectivity index (χ3v) is 9.51. The van der Waals surface area contributed by atoms with Crippen molar-refractivity contribution in [3.05, 3.63) is 47.8 Å². The summed E-state index contributed by atoms with van der Waals surface area (Å²) in [6.45, 7) is 1.67. The number of thioether (sulfide) groups is 1. The lowest BCUT2D eigenvalue weighted by Crippen LogP contribution is -2.41. The second kappa shape index (κ2) is 10.2. The molecule has 1 amide bonds. The second-order valence-electron chi connectivity index (χ2n) is 8.24. The number of nitrogens with one attached hydrogen (secondary N) is 1. The van der Waals surface area contributed by atoms with Gasteiger partial charge in [-0.1, -0.05) is 0 Å². The van der Waals surface area contributed by atoms with E-state index in [1.807, 2.05) is 42.0 Å². The molecule has 3 heterocycles. The molecule has 1 saturated heterocycles. The van der Waals surface area contributed by atoms with Crippen molar-refractivity contribution in [2.75, 3.05) is 37.9 Å². The van der Waals surface area contributed by atoms with Crippen LogP contribution in [0.15, 0.2) is 57.6 Å². The Morgan fingerprint density at radius 3 is 2.51 bits per heavy atom. The number of thiazole rings is 1. The standard InChI is InChI=1S/C24H25N3O5S3/c1-33-18-3-5-19(6-4-18)35(29,30)27-10-8-16(9-11-27)23(28)26-24-25-20(15-34-24)17-2-7-21-22(14-17)32-13-12-31-21/h2-7,14-16H,8-13H2,1H3,(H,25,26,28). The van der Waals surface area contributed by atoms with Crippen molar-refractivity contribution in [3.8, 4) is 22.8 Å². The van der Waals surface area contributed by atoms with E-state index >= 15 is 0 Å². The third-order valence-electron chi connectivity index (χ3n) is 6.09. The summed E-state index contributed by atoms with van der Waals surface area (Å²) in [5.41, 5.74) is 1.63. The fourth-order valence-electron chi connectivity index (χ4n) is 4.13. The molecule has 5 rings (SSSR count). The highest BCUT2D eigenvalue weighted by Gasteiger charge is 2.32. The number of hydrogen-bond acceptors (Lipinski definition) is 8. The van der Waals surface area contributed by atoms with E-state index in [1.54, 1.807) is 23.9 Å². The molecular weight excluding hydrogens is 506 g/mol. The summed E-state index contributed by atoms with van der Waals surface area (Å²) in [6.07, 6.45) is 2.88. The van der Waals surface area contributed by atoms with Crippen LogP contribution in [-0.2, 0) is 14.8 Å². The average Bonchev–Trinajstić information content (AvgIpc) is 3.37. The Bertz CT molecular complexity index is 1320. The number of sulfonamides is 1. The van der Waals surface area contributed by atoms with E-state index in [2.05, 4.69) is 10.3 Å². The lowest BCUT2D eigenvalue weighted by molar-refractivity contribution is -0.120. The molecule has 184 valence electrons. The molecular formula is C24H25N3O5S3. The van der Waals surface area contributed by atoms with Gasteiger partial charge in [0.1, 0.15) is 13.2 Å². The summed E-state index contributed by atoms with van der Waals surface area (Å²) in [7, 11) is -3.57. The first-order valence-electron chi connectivity index (χ1n) is 11.2. The van der Waals surface area contributed by atoms with Crippen molar-refractivity contribution in [1.82, 2.24) is 9.29 Å². The number of hydrogen-bond donors (Lipinski definition) is 1. The van der Waals surface area contributed by atoms with Crippen LogP contribution in [0.2, 0.25) is 0 Å². The molecule has 3 aromatic rings. The van der Waals surface area contributed by atoms with Gasteiger partial charge in [-0.05, 0) is 61.6 Å². The number of carbonyl (C=O) groups excluding carboxylic acids is 1. The maximum atomic E-state index is 13.0. The number of carbonyl (C=O) groups is 1. The Balaban J connectivity index is 1.19. The van der Waals surface area contributed by atoms with E-state index in [0.717, 1.165) is 16.2 Å². The smallest absolute Gasteiger partial charge is 0.243 e. The zero-order valence-electron chi connectivity index (χ0n) is 19.1. The molecule has 1 fully saturated rings. The summed E-state index contributed by atoms with van der Waals surface area (Å²) in [6, 6.07) is 12.6. The van der Waals surface area contributed by atoms with Crippen LogP contribution in [0.4, 0.5) is 5.13 Å². The van der Waals surface area contributed by atoms with Gasteiger partial charge in [0.2, 0.25) is 15.9 Å². The number of fused-ring (bicyclic) bond motifs is 1. The largest absolute Gasteiger partial charge is 0.486 e. The number of anilines is 1. The van der Waals surface area contributed by atoms with Crippen LogP contribution >= 0.6 is 23.1 Å². The Labute approximate surface area is 212 Å². The Morgan fingerprint density at radius 1 is 1.09 bits per heavy atom. The molecule has 0 spiro atoms. The number of benzene rings is 2. The van der Waals surface area contributed by atoms with Crippen molar-refractivity contribution in [2.45, 2.75) is 22.6 Å². The lowest BCUT2D eigenvalue weighted by Gasteiger charge is -2.30. The summed E-state index contributed by atoms with van der Waals surface area (Å²) >= 11 is 2.92. The van der Waals surface area contributed by atoms with E-state index < -0.39 is 10.0 Å². The molecule has 35 heavy (non-hydrogen) atoms. The van der Waals surface area contributed by atoms with Crippen LogP contribution < -0.4 is 14.8 Å². The summed E-state index contributed by atoms with van der Waals surface area (Å²) < 4.78 is 38.6. The topological polar surface area (TPSA) is 97.8 Å². The van der Waals surface area contributed by atoms with E-state index in [4.69, 9.17) is 9.47 Å². The van der Waals surface area contributed by atoms with Gasteiger partial charge in [-0.2, -0.15) is 4.31 Å². The maximum absolute atomic E-state index is 13.0. The number of amides is 1. The van der Waals surface area contributed by atoms with Crippen molar-refractivity contribution >= 4 is 44.2 Å². The third kappa shape index (κ3) is 5.18. The normalized spacial score (nSPS) is 16.7.